The maximum atomic E-state index is 13.1. The van der Waals surface area contributed by atoms with Crippen LogP contribution >= 0.6 is 0 Å². The molecule has 0 aliphatic carbocycles. The highest BCUT2D eigenvalue weighted by atomic mass is 16.7. The topological polar surface area (TPSA) is 95.2 Å². The van der Waals surface area contributed by atoms with Crippen molar-refractivity contribution in [1.29, 1.82) is 5.26 Å². The van der Waals surface area contributed by atoms with Crippen molar-refractivity contribution in [3.63, 3.8) is 0 Å². The van der Waals surface area contributed by atoms with E-state index in [-0.39, 0.29) is 17.9 Å². The molecule has 0 N–H and O–H groups in total. The molecule has 2 fully saturated rings. The summed E-state index contributed by atoms with van der Waals surface area (Å²) in [5.74, 6) is 1.60. The van der Waals surface area contributed by atoms with Gasteiger partial charge in [0.15, 0.2) is 0 Å². The van der Waals surface area contributed by atoms with Crippen LogP contribution in [0.25, 0.3) is 0 Å². The van der Waals surface area contributed by atoms with E-state index in [0.29, 0.717) is 18.6 Å². The van der Waals surface area contributed by atoms with Crippen molar-refractivity contribution in [2.75, 3.05) is 24.6 Å². The zero-order valence-corrected chi connectivity index (χ0v) is 15.8. The lowest BCUT2D eigenvalue weighted by atomic mass is 9.94. The van der Waals surface area contributed by atoms with E-state index in [0.717, 1.165) is 43.1 Å². The van der Waals surface area contributed by atoms with Crippen molar-refractivity contribution in [1.82, 2.24) is 20.0 Å². The average molecular weight is 378 g/mol. The van der Waals surface area contributed by atoms with Gasteiger partial charge in [0, 0.05) is 44.0 Å². The van der Waals surface area contributed by atoms with E-state index in [9.17, 15) is 4.79 Å². The summed E-state index contributed by atoms with van der Waals surface area (Å²) in [4.78, 5) is 33.7. The van der Waals surface area contributed by atoms with Crippen LogP contribution in [0.3, 0.4) is 0 Å². The predicted molar refractivity (Wildman–Crippen MR) is 101 cm³/mol. The van der Waals surface area contributed by atoms with Crippen LogP contribution < -0.4 is 4.90 Å². The van der Waals surface area contributed by atoms with Gasteiger partial charge in [-0.05, 0) is 37.5 Å². The van der Waals surface area contributed by atoms with E-state index in [1.165, 1.54) is 11.3 Å². The largest absolute Gasteiger partial charge is 0.356 e. The highest BCUT2D eigenvalue weighted by Gasteiger charge is 2.37. The van der Waals surface area contributed by atoms with Gasteiger partial charge in [-0.25, -0.2) is 15.0 Å². The molecule has 0 spiro atoms. The van der Waals surface area contributed by atoms with E-state index in [4.69, 9.17) is 10.1 Å². The fourth-order valence-corrected chi connectivity index (χ4v) is 3.85. The maximum absolute atomic E-state index is 13.1. The molecule has 2 saturated heterocycles. The van der Waals surface area contributed by atoms with Crippen molar-refractivity contribution in [3.8, 4) is 6.07 Å². The second-order valence-corrected chi connectivity index (χ2v) is 7.14. The minimum absolute atomic E-state index is 0.0170. The number of hydrogen-bond acceptors (Lipinski definition) is 7. The van der Waals surface area contributed by atoms with Crippen LogP contribution in [-0.4, -0.2) is 45.6 Å². The van der Waals surface area contributed by atoms with Crippen LogP contribution in [0.15, 0.2) is 30.7 Å². The number of anilines is 1. The van der Waals surface area contributed by atoms with E-state index in [1.807, 2.05) is 13.0 Å². The number of nitrogens with zero attached hydrogens (tertiary/aromatic N) is 6. The molecule has 1 atom stereocenters. The third-order valence-electron chi connectivity index (χ3n) is 5.32. The summed E-state index contributed by atoms with van der Waals surface area (Å²) in [6, 6.07) is 5.61. The Kier molecular flexibility index (Phi) is 5.17. The van der Waals surface area contributed by atoms with Crippen molar-refractivity contribution in [2.24, 2.45) is 5.92 Å². The van der Waals surface area contributed by atoms with Crippen LogP contribution in [0.4, 0.5) is 5.82 Å². The molecule has 2 aliphatic heterocycles. The summed E-state index contributed by atoms with van der Waals surface area (Å²) in [7, 11) is 0. The second-order valence-electron chi connectivity index (χ2n) is 7.14. The van der Waals surface area contributed by atoms with Gasteiger partial charge in [0.25, 0.3) is 0 Å². The van der Waals surface area contributed by atoms with Crippen LogP contribution in [0, 0.1) is 24.2 Å². The summed E-state index contributed by atoms with van der Waals surface area (Å²) in [5, 5.41) is 10.6. The molecule has 0 radical (unpaired) electrons. The fourth-order valence-electron chi connectivity index (χ4n) is 3.85. The number of carbonyl (C=O) groups is 1. The normalized spacial score (nSPS) is 20.2. The van der Waals surface area contributed by atoms with Crippen molar-refractivity contribution in [3.05, 3.63) is 47.7 Å². The van der Waals surface area contributed by atoms with Crippen LogP contribution in [0.1, 0.15) is 42.3 Å². The molecule has 0 aromatic carbocycles. The van der Waals surface area contributed by atoms with Gasteiger partial charge in [-0.1, -0.05) is 0 Å². The Hall–Kier alpha value is -3.05. The quantitative estimate of drug-likeness (QED) is 0.808. The SMILES string of the molecule is Cc1nccc(N2CCC(C(=O)N3OCC[C@H]3c3cncc(C#N)c3)CC2)n1. The van der Waals surface area contributed by atoms with Crippen molar-refractivity contribution < 1.29 is 9.63 Å². The predicted octanol–water partition coefficient (Wildman–Crippen LogP) is 2.17. The highest BCUT2D eigenvalue weighted by molar-refractivity contribution is 5.79. The molecule has 28 heavy (non-hydrogen) atoms. The fraction of sp³-hybridized carbons (Fsp3) is 0.450. The molecule has 2 aliphatic rings. The van der Waals surface area contributed by atoms with Gasteiger partial charge >= 0.3 is 0 Å². The lowest BCUT2D eigenvalue weighted by Gasteiger charge is -2.34. The lowest BCUT2D eigenvalue weighted by Crippen LogP contribution is -2.42. The van der Waals surface area contributed by atoms with E-state index in [2.05, 4.69) is 25.9 Å². The number of piperidine rings is 1. The third-order valence-corrected chi connectivity index (χ3v) is 5.32. The monoisotopic (exact) mass is 378 g/mol. The number of rotatable bonds is 3. The molecule has 1 amide bonds. The molecule has 0 bridgehead atoms. The molecule has 4 rings (SSSR count). The molecule has 0 saturated carbocycles. The Morgan fingerprint density at radius 1 is 1.29 bits per heavy atom. The number of aromatic nitrogens is 3. The second kappa shape index (κ2) is 7.90. The van der Waals surface area contributed by atoms with Gasteiger partial charge in [0.05, 0.1) is 18.2 Å². The Morgan fingerprint density at radius 2 is 2.11 bits per heavy atom. The zero-order chi connectivity index (χ0) is 19.5. The molecular formula is C20H22N6O2. The Labute approximate surface area is 163 Å². The minimum atomic E-state index is -0.184. The molecule has 2 aromatic heterocycles. The van der Waals surface area contributed by atoms with Gasteiger partial charge in [0.2, 0.25) is 5.91 Å². The number of hydroxylamine groups is 2. The lowest BCUT2D eigenvalue weighted by molar-refractivity contribution is -0.182. The summed E-state index contributed by atoms with van der Waals surface area (Å²) in [6.07, 6.45) is 7.22. The molecular weight excluding hydrogens is 356 g/mol. The maximum Gasteiger partial charge on any atom is 0.249 e. The molecule has 0 unspecified atom stereocenters. The summed E-state index contributed by atoms with van der Waals surface area (Å²) in [6.45, 7) is 3.92. The van der Waals surface area contributed by atoms with Gasteiger partial charge in [-0.2, -0.15) is 5.26 Å². The average Bonchev–Trinajstić information content (AvgIpc) is 3.23. The van der Waals surface area contributed by atoms with Gasteiger partial charge in [0.1, 0.15) is 17.7 Å². The number of amides is 1. The number of pyridine rings is 1. The molecule has 2 aromatic rings. The van der Waals surface area contributed by atoms with Gasteiger partial charge in [-0.3, -0.25) is 14.6 Å². The van der Waals surface area contributed by atoms with E-state index < -0.39 is 0 Å². The Balaban J connectivity index is 1.42. The first kappa shape index (κ1) is 18.3. The number of carbonyl (C=O) groups excluding carboxylic acids is 1. The number of nitriles is 1. The van der Waals surface area contributed by atoms with Crippen molar-refractivity contribution >= 4 is 11.7 Å². The summed E-state index contributed by atoms with van der Waals surface area (Å²) >= 11 is 0. The molecule has 4 heterocycles. The number of aryl methyl sites for hydroxylation is 1. The van der Waals surface area contributed by atoms with Crippen LogP contribution in [-0.2, 0) is 9.63 Å². The Morgan fingerprint density at radius 3 is 2.86 bits per heavy atom. The first-order chi connectivity index (χ1) is 13.7. The van der Waals surface area contributed by atoms with Crippen LogP contribution in [0.2, 0.25) is 0 Å². The van der Waals surface area contributed by atoms with Crippen LogP contribution in [0.5, 0.6) is 0 Å². The highest BCUT2D eigenvalue weighted by Crippen LogP contribution is 2.33. The smallest absolute Gasteiger partial charge is 0.249 e. The summed E-state index contributed by atoms with van der Waals surface area (Å²) < 4.78 is 0. The van der Waals surface area contributed by atoms with Gasteiger partial charge < -0.3 is 4.90 Å². The van der Waals surface area contributed by atoms with E-state index >= 15 is 0 Å². The molecule has 8 nitrogen and oxygen atoms in total. The third kappa shape index (κ3) is 3.66. The molecule has 8 heteroatoms. The number of hydrogen-bond donors (Lipinski definition) is 0. The first-order valence-electron chi connectivity index (χ1n) is 9.51. The Bertz CT molecular complexity index is 904. The standard InChI is InChI=1S/C20H22N6O2/c1-14-23-6-2-19(24-14)25-7-3-16(4-8-25)20(27)26-18(5-9-28-26)17-10-15(11-21)12-22-13-17/h2,6,10,12-13,16,18H,3-5,7-9H2,1H3/t18-/m0/s1. The zero-order valence-electron chi connectivity index (χ0n) is 15.8. The minimum Gasteiger partial charge on any atom is -0.356 e. The summed E-state index contributed by atoms with van der Waals surface area (Å²) in [5.41, 5.74) is 1.34. The first-order valence-corrected chi connectivity index (χ1v) is 9.51. The van der Waals surface area contributed by atoms with Crippen molar-refractivity contribution in [2.45, 2.75) is 32.2 Å². The van der Waals surface area contributed by atoms with E-state index in [1.54, 1.807) is 18.5 Å². The van der Waals surface area contributed by atoms with Gasteiger partial charge in [-0.15, -0.1) is 0 Å². The molecule has 144 valence electrons.